The van der Waals surface area contributed by atoms with Gasteiger partial charge in [0.1, 0.15) is 11.3 Å². The summed E-state index contributed by atoms with van der Waals surface area (Å²) in [7, 11) is 0. The van der Waals surface area contributed by atoms with Crippen LogP contribution in [0.4, 0.5) is 0 Å². The lowest BCUT2D eigenvalue weighted by molar-refractivity contribution is -0.121. The van der Waals surface area contributed by atoms with Crippen molar-refractivity contribution in [2.75, 3.05) is 0 Å². The quantitative estimate of drug-likeness (QED) is 0.856. The van der Waals surface area contributed by atoms with Crippen molar-refractivity contribution in [3.05, 3.63) is 29.7 Å². The molecule has 0 aliphatic heterocycles. The minimum atomic E-state index is -0.487. The minimum absolute atomic E-state index is 0.271. The molecular formula is C12H13N3O2S. The van der Waals surface area contributed by atoms with Crippen LogP contribution in [-0.4, -0.2) is 16.4 Å². The van der Waals surface area contributed by atoms with Crippen molar-refractivity contribution in [3.63, 3.8) is 0 Å². The second-order valence-corrected chi connectivity index (χ2v) is 5.31. The topological polar surface area (TPSA) is 81.2 Å². The Bertz CT molecular complexity index is 558. The van der Waals surface area contributed by atoms with Crippen LogP contribution in [0.3, 0.4) is 0 Å². The van der Waals surface area contributed by atoms with Gasteiger partial charge >= 0.3 is 0 Å². The molecule has 2 heterocycles. The lowest BCUT2D eigenvalue weighted by Gasteiger charge is -2.11. The van der Waals surface area contributed by atoms with E-state index in [1.807, 2.05) is 11.4 Å². The number of hydrogen-bond acceptors (Lipinski definition) is 5. The molecule has 5 nitrogen and oxygen atoms in total. The lowest BCUT2D eigenvalue weighted by atomic mass is 10.2. The molecule has 1 fully saturated rings. The summed E-state index contributed by atoms with van der Waals surface area (Å²) in [6.07, 6.45) is 4.94. The van der Waals surface area contributed by atoms with Crippen LogP contribution in [0, 0.1) is 0 Å². The van der Waals surface area contributed by atoms with E-state index in [-0.39, 0.29) is 5.91 Å². The highest BCUT2D eigenvalue weighted by atomic mass is 32.1. The van der Waals surface area contributed by atoms with Gasteiger partial charge in [-0.15, -0.1) is 11.3 Å². The van der Waals surface area contributed by atoms with Gasteiger partial charge in [-0.25, -0.2) is 4.98 Å². The fourth-order valence-corrected chi connectivity index (χ4v) is 2.61. The number of carbonyl (C=O) groups excluding carboxylic acids is 1. The first kappa shape index (κ1) is 11.4. The van der Waals surface area contributed by atoms with Gasteiger partial charge in [-0.1, -0.05) is 0 Å². The normalized spacial score (nSPS) is 16.7. The van der Waals surface area contributed by atoms with E-state index in [1.165, 1.54) is 0 Å². The molecule has 2 aromatic rings. The van der Waals surface area contributed by atoms with Crippen LogP contribution in [-0.2, 0) is 11.3 Å². The molecule has 1 saturated carbocycles. The number of nitrogens with one attached hydrogen (secondary N) is 1. The number of aromatic nitrogens is 1. The minimum Gasteiger partial charge on any atom is -0.472 e. The summed E-state index contributed by atoms with van der Waals surface area (Å²) in [4.78, 5) is 15.7. The molecule has 0 radical (unpaired) electrons. The van der Waals surface area contributed by atoms with Crippen LogP contribution in [0.25, 0.3) is 10.6 Å². The summed E-state index contributed by atoms with van der Waals surface area (Å²) in [5.41, 5.74) is 6.76. The van der Waals surface area contributed by atoms with Gasteiger partial charge in [0, 0.05) is 17.5 Å². The third-order valence-corrected chi connectivity index (χ3v) is 4.09. The van der Waals surface area contributed by atoms with Crippen molar-refractivity contribution < 1.29 is 9.21 Å². The number of rotatable bonds is 5. The van der Waals surface area contributed by atoms with Crippen molar-refractivity contribution in [1.82, 2.24) is 10.3 Å². The Morgan fingerprint density at radius 2 is 2.44 bits per heavy atom. The van der Waals surface area contributed by atoms with Crippen LogP contribution in [0.2, 0.25) is 0 Å². The van der Waals surface area contributed by atoms with Crippen molar-refractivity contribution in [2.45, 2.75) is 24.9 Å². The van der Waals surface area contributed by atoms with Gasteiger partial charge in [-0.3, -0.25) is 10.1 Å². The van der Waals surface area contributed by atoms with E-state index in [0.717, 1.165) is 29.1 Å². The summed E-state index contributed by atoms with van der Waals surface area (Å²) in [5, 5.41) is 6.09. The van der Waals surface area contributed by atoms with E-state index in [9.17, 15) is 4.79 Å². The SMILES string of the molecule is NC(=O)C1(NCc2csc(-c3ccoc3)n2)CC1. The molecule has 0 spiro atoms. The molecule has 3 rings (SSSR count). The standard InChI is InChI=1S/C12H13N3O2S/c13-11(16)12(2-3-12)14-5-9-7-18-10(15-9)8-1-4-17-6-8/h1,4,6-7,14H,2-3,5H2,(H2,13,16). The largest absolute Gasteiger partial charge is 0.472 e. The number of thiazole rings is 1. The zero-order chi connectivity index (χ0) is 12.6. The number of furan rings is 1. The van der Waals surface area contributed by atoms with E-state index in [2.05, 4.69) is 10.3 Å². The molecule has 2 aromatic heterocycles. The highest BCUT2D eigenvalue weighted by Crippen LogP contribution is 2.35. The van der Waals surface area contributed by atoms with Crippen LogP contribution in [0.15, 0.2) is 28.4 Å². The number of amides is 1. The second kappa shape index (κ2) is 4.22. The van der Waals surface area contributed by atoms with E-state index in [1.54, 1.807) is 23.9 Å². The molecule has 6 heteroatoms. The van der Waals surface area contributed by atoms with Crippen LogP contribution in [0.1, 0.15) is 18.5 Å². The zero-order valence-electron chi connectivity index (χ0n) is 9.68. The van der Waals surface area contributed by atoms with Gasteiger partial charge in [0.15, 0.2) is 0 Å². The number of hydrogen-bond donors (Lipinski definition) is 2. The Balaban J connectivity index is 1.66. The lowest BCUT2D eigenvalue weighted by Crippen LogP contribution is -2.43. The molecule has 94 valence electrons. The summed E-state index contributed by atoms with van der Waals surface area (Å²) < 4.78 is 5.02. The summed E-state index contributed by atoms with van der Waals surface area (Å²) >= 11 is 1.56. The number of nitrogens with zero attached hydrogens (tertiary/aromatic N) is 1. The third kappa shape index (κ3) is 2.04. The molecule has 1 amide bonds. The number of carbonyl (C=O) groups is 1. The molecule has 0 unspecified atom stereocenters. The maximum Gasteiger partial charge on any atom is 0.237 e. The van der Waals surface area contributed by atoms with Gasteiger partial charge < -0.3 is 10.2 Å². The molecule has 3 N–H and O–H groups in total. The smallest absolute Gasteiger partial charge is 0.237 e. The van der Waals surface area contributed by atoms with Crippen LogP contribution in [0.5, 0.6) is 0 Å². The molecule has 18 heavy (non-hydrogen) atoms. The molecule has 0 bridgehead atoms. The summed E-state index contributed by atoms with van der Waals surface area (Å²) in [6.45, 7) is 0.567. The van der Waals surface area contributed by atoms with E-state index in [4.69, 9.17) is 10.2 Å². The summed E-state index contributed by atoms with van der Waals surface area (Å²) in [6, 6.07) is 1.88. The van der Waals surface area contributed by atoms with Crippen LogP contribution < -0.4 is 11.1 Å². The Morgan fingerprint density at radius 1 is 1.61 bits per heavy atom. The monoisotopic (exact) mass is 263 g/mol. The molecule has 1 aliphatic carbocycles. The first-order valence-corrected chi connectivity index (χ1v) is 6.59. The Morgan fingerprint density at radius 3 is 3.06 bits per heavy atom. The highest BCUT2D eigenvalue weighted by molar-refractivity contribution is 7.13. The van der Waals surface area contributed by atoms with Gasteiger partial charge in [0.25, 0.3) is 0 Å². The van der Waals surface area contributed by atoms with Crippen LogP contribution >= 0.6 is 11.3 Å². The van der Waals surface area contributed by atoms with E-state index in [0.29, 0.717) is 6.54 Å². The van der Waals surface area contributed by atoms with Crippen molar-refractivity contribution in [3.8, 4) is 10.6 Å². The average Bonchev–Trinajstić information content (AvgIpc) is 2.81. The predicted molar refractivity (Wildman–Crippen MR) is 67.8 cm³/mol. The van der Waals surface area contributed by atoms with Gasteiger partial charge in [0.2, 0.25) is 5.91 Å². The Labute approximate surface area is 108 Å². The van der Waals surface area contributed by atoms with E-state index < -0.39 is 5.54 Å². The Kier molecular flexibility index (Phi) is 2.68. The molecular weight excluding hydrogens is 250 g/mol. The van der Waals surface area contributed by atoms with E-state index >= 15 is 0 Å². The highest BCUT2D eigenvalue weighted by Gasteiger charge is 2.48. The predicted octanol–water partition coefficient (Wildman–Crippen LogP) is 1.51. The van der Waals surface area contributed by atoms with Gasteiger partial charge in [-0.05, 0) is 18.9 Å². The number of nitrogens with two attached hydrogens (primary N) is 1. The fourth-order valence-electron chi connectivity index (χ4n) is 1.80. The first-order chi connectivity index (χ1) is 8.70. The molecule has 0 atom stereocenters. The van der Waals surface area contributed by atoms with Crippen molar-refractivity contribution >= 4 is 17.2 Å². The molecule has 0 saturated heterocycles. The summed E-state index contributed by atoms with van der Waals surface area (Å²) in [5.74, 6) is -0.271. The van der Waals surface area contributed by atoms with Crippen molar-refractivity contribution in [1.29, 1.82) is 0 Å². The van der Waals surface area contributed by atoms with Gasteiger partial charge in [-0.2, -0.15) is 0 Å². The maximum atomic E-state index is 11.2. The second-order valence-electron chi connectivity index (χ2n) is 4.46. The first-order valence-electron chi connectivity index (χ1n) is 5.71. The fraction of sp³-hybridized carbons (Fsp3) is 0.333. The van der Waals surface area contributed by atoms with Crippen molar-refractivity contribution in [2.24, 2.45) is 5.73 Å². The molecule has 1 aliphatic rings. The molecule has 0 aromatic carbocycles. The zero-order valence-corrected chi connectivity index (χ0v) is 10.5. The third-order valence-electron chi connectivity index (χ3n) is 3.15. The van der Waals surface area contributed by atoms with Gasteiger partial charge in [0.05, 0.1) is 17.5 Å². The number of primary amides is 1. The Hall–Kier alpha value is -1.66. The maximum absolute atomic E-state index is 11.2. The average molecular weight is 263 g/mol.